The molecule has 0 fully saturated rings. The van der Waals surface area contributed by atoms with E-state index in [2.05, 4.69) is 67.6 Å². The van der Waals surface area contributed by atoms with Crippen molar-refractivity contribution in [3.63, 3.8) is 0 Å². The molecule has 0 aliphatic carbocycles. The summed E-state index contributed by atoms with van der Waals surface area (Å²) < 4.78 is 12.2. The van der Waals surface area contributed by atoms with Crippen LogP contribution in [-0.2, 0) is 22.3 Å². The molecule has 0 aliphatic heterocycles. The zero-order valence-electron chi connectivity index (χ0n) is 18.0. The van der Waals surface area contributed by atoms with E-state index in [1.165, 1.54) is 49.7 Å². The predicted molar refractivity (Wildman–Crippen MR) is 119 cm³/mol. The minimum atomic E-state index is -0.597. The van der Waals surface area contributed by atoms with Crippen LogP contribution in [0.2, 0.25) is 0 Å². The number of rotatable bonds is 14. The van der Waals surface area contributed by atoms with E-state index in [4.69, 9.17) is 9.47 Å². The summed E-state index contributed by atoms with van der Waals surface area (Å²) in [6.07, 6.45) is 10.7. The second-order valence-electron chi connectivity index (χ2n) is 7.83. The molecule has 0 heterocycles. The summed E-state index contributed by atoms with van der Waals surface area (Å²) in [4.78, 5) is 0. The maximum Gasteiger partial charge on any atom is 0.174 e. The molecule has 0 amide bonds. The summed E-state index contributed by atoms with van der Waals surface area (Å²) in [5, 5.41) is 0. The van der Waals surface area contributed by atoms with Crippen molar-refractivity contribution in [3.8, 4) is 0 Å². The Morgan fingerprint density at radius 1 is 0.714 bits per heavy atom. The van der Waals surface area contributed by atoms with Gasteiger partial charge < -0.3 is 9.47 Å². The molecule has 0 N–H and O–H groups in total. The number of benzene rings is 2. The van der Waals surface area contributed by atoms with Gasteiger partial charge in [0.05, 0.1) is 0 Å². The molecule has 2 heteroatoms. The van der Waals surface area contributed by atoms with Gasteiger partial charge in [-0.25, -0.2) is 0 Å². The lowest BCUT2D eigenvalue weighted by atomic mass is 9.83. The molecule has 0 saturated carbocycles. The first kappa shape index (κ1) is 22.6. The molecule has 2 aromatic carbocycles. The Kier molecular flexibility index (Phi) is 10.3. The van der Waals surface area contributed by atoms with Crippen molar-refractivity contribution in [2.24, 2.45) is 5.92 Å². The monoisotopic (exact) mass is 382 g/mol. The van der Waals surface area contributed by atoms with Crippen molar-refractivity contribution in [2.45, 2.75) is 70.5 Å². The van der Waals surface area contributed by atoms with Gasteiger partial charge in [-0.3, -0.25) is 0 Å². The van der Waals surface area contributed by atoms with Gasteiger partial charge in [0.1, 0.15) is 0 Å². The summed E-state index contributed by atoms with van der Waals surface area (Å²) in [7, 11) is 3.59. The van der Waals surface area contributed by atoms with Crippen LogP contribution < -0.4 is 0 Å². The van der Waals surface area contributed by atoms with Crippen molar-refractivity contribution in [1.29, 1.82) is 0 Å². The van der Waals surface area contributed by atoms with Crippen molar-refractivity contribution in [2.75, 3.05) is 14.2 Å². The highest BCUT2D eigenvalue weighted by molar-refractivity contribution is 5.19. The average molecular weight is 383 g/mol. The Labute approximate surface area is 172 Å². The second-order valence-corrected chi connectivity index (χ2v) is 7.83. The van der Waals surface area contributed by atoms with Crippen molar-refractivity contribution < 1.29 is 9.47 Å². The van der Waals surface area contributed by atoms with E-state index < -0.39 is 5.79 Å². The van der Waals surface area contributed by atoms with Crippen molar-refractivity contribution >= 4 is 0 Å². The fraction of sp³-hybridized carbons (Fsp3) is 0.538. The normalized spacial score (nSPS) is 12.8. The van der Waals surface area contributed by atoms with Gasteiger partial charge in [-0.2, -0.15) is 0 Å². The van der Waals surface area contributed by atoms with E-state index in [0.29, 0.717) is 5.92 Å². The third kappa shape index (κ3) is 7.07. The Hall–Kier alpha value is -1.64. The molecule has 0 aliphatic rings. The number of unbranched alkanes of at least 4 members (excludes halogenated alkanes) is 5. The summed E-state index contributed by atoms with van der Waals surface area (Å²) in [5.41, 5.74) is 2.61. The van der Waals surface area contributed by atoms with Crippen LogP contribution in [0.1, 0.15) is 63.0 Å². The molecule has 1 unspecified atom stereocenters. The maximum absolute atomic E-state index is 6.10. The van der Waals surface area contributed by atoms with Gasteiger partial charge in [0.25, 0.3) is 0 Å². The van der Waals surface area contributed by atoms with Crippen LogP contribution in [0.15, 0.2) is 60.7 Å². The van der Waals surface area contributed by atoms with Crippen LogP contribution in [0.3, 0.4) is 0 Å². The van der Waals surface area contributed by atoms with E-state index in [1.807, 2.05) is 0 Å². The van der Waals surface area contributed by atoms with Gasteiger partial charge in [0, 0.05) is 26.6 Å². The molecule has 0 spiro atoms. The van der Waals surface area contributed by atoms with Gasteiger partial charge in [-0.05, 0) is 24.0 Å². The summed E-state index contributed by atoms with van der Waals surface area (Å²) in [6, 6.07) is 21.3. The quantitative estimate of drug-likeness (QED) is 0.263. The molecule has 0 bridgehead atoms. The molecule has 0 radical (unpaired) electrons. The fourth-order valence-electron chi connectivity index (χ4n) is 4.13. The third-order valence-corrected chi connectivity index (χ3v) is 5.84. The first-order valence-corrected chi connectivity index (χ1v) is 10.9. The summed E-state index contributed by atoms with van der Waals surface area (Å²) in [6.45, 7) is 2.27. The molecule has 2 nitrogen and oxygen atoms in total. The van der Waals surface area contributed by atoms with Gasteiger partial charge >= 0.3 is 0 Å². The standard InChI is InChI=1S/C26H38O2/c1-4-5-6-7-8-15-20-25(21-23-16-11-9-12-17-23)26(27-2,28-3)22-24-18-13-10-14-19-24/h9-14,16-19,25H,4-8,15,20-22H2,1-3H3. The lowest BCUT2D eigenvalue weighted by molar-refractivity contribution is -0.240. The van der Waals surface area contributed by atoms with E-state index in [0.717, 1.165) is 19.3 Å². The fourth-order valence-corrected chi connectivity index (χ4v) is 4.13. The van der Waals surface area contributed by atoms with Crippen LogP contribution in [0.5, 0.6) is 0 Å². The van der Waals surface area contributed by atoms with Gasteiger partial charge in [-0.15, -0.1) is 0 Å². The molecular formula is C26H38O2. The number of ether oxygens (including phenoxy) is 2. The average Bonchev–Trinajstić information content (AvgIpc) is 2.75. The van der Waals surface area contributed by atoms with E-state index in [1.54, 1.807) is 14.2 Å². The number of hydrogen-bond acceptors (Lipinski definition) is 2. The summed E-state index contributed by atoms with van der Waals surface area (Å²) in [5.74, 6) is -0.281. The van der Waals surface area contributed by atoms with Crippen molar-refractivity contribution in [1.82, 2.24) is 0 Å². The molecule has 0 saturated heterocycles. The Bertz CT molecular complexity index is 619. The maximum atomic E-state index is 6.10. The molecule has 2 rings (SSSR count). The highest BCUT2D eigenvalue weighted by Gasteiger charge is 2.39. The van der Waals surface area contributed by atoms with Crippen LogP contribution in [0.4, 0.5) is 0 Å². The van der Waals surface area contributed by atoms with Crippen LogP contribution in [0.25, 0.3) is 0 Å². The first-order chi connectivity index (χ1) is 13.7. The molecule has 154 valence electrons. The zero-order valence-corrected chi connectivity index (χ0v) is 18.0. The Morgan fingerprint density at radius 3 is 1.82 bits per heavy atom. The van der Waals surface area contributed by atoms with E-state index in [-0.39, 0.29) is 0 Å². The van der Waals surface area contributed by atoms with Gasteiger partial charge in [0.15, 0.2) is 5.79 Å². The Balaban J connectivity index is 2.12. The van der Waals surface area contributed by atoms with Crippen LogP contribution >= 0.6 is 0 Å². The lowest BCUT2D eigenvalue weighted by Gasteiger charge is -2.39. The second kappa shape index (κ2) is 12.7. The first-order valence-electron chi connectivity index (χ1n) is 10.9. The molecule has 1 atom stereocenters. The largest absolute Gasteiger partial charge is 0.353 e. The molecule has 2 aromatic rings. The Morgan fingerprint density at radius 2 is 1.25 bits per heavy atom. The van der Waals surface area contributed by atoms with Crippen LogP contribution in [-0.4, -0.2) is 20.0 Å². The number of hydrogen-bond donors (Lipinski definition) is 0. The molecular weight excluding hydrogens is 344 g/mol. The highest BCUT2D eigenvalue weighted by Crippen LogP contribution is 2.34. The van der Waals surface area contributed by atoms with E-state index >= 15 is 0 Å². The third-order valence-electron chi connectivity index (χ3n) is 5.84. The van der Waals surface area contributed by atoms with Gasteiger partial charge in [0.2, 0.25) is 0 Å². The minimum absolute atomic E-state index is 0.316. The summed E-state index contributed by atoms with van der Waals surface area (Å²) >= 11 is 0. The smallest absolute Gasteiger partial charge is 0.174 e. The number of methoxy groups -OCH3 is 2. The molecule has 0 aromatic heterocycles. The molecule has 28 heavy (non-hydrogen) atoms. The lowest BCUT2D eigenvalue weighted by Crippen LogP contribution is -2.45. The highest BCUT2D eigenvalue weighted by atomic mass is 16.7. The van der Waals surface area contributed by atoms with Crippen molar-refractivity contribution in [3.05, 3.63) is 71.8 Å². The topological polar surface area (TPSA) is 18.5 Å². The SMILES string of the molecule is CCCCCCCCC(Cc1ccccc1)C(Cc1ccccc1)(OC)OC. The van der Waals surface area contributed by atoms with Gasteiger partial charge in [-0.1, -0.05) is 106 Å². The van der Waals surface area contributed by atoms with Crippen LogP contribution in [0, 0.1) is 5.92 Å². The predicted octanol–water partition coefficient (Wildman–Crippen LogP) is 6.83. The minimum Gasteiger partial charge on any atom is -0.353 e. The van der Waals surface area contributed by atoms with E-state index in [9.17, 15) is 0 Å². The zero-order chi connectivity index (χ0) is 20.1.